The van der Waals surface area contributed by atoms with Crippen LogP contribution in [0.15, 0.2) is 96.2 Å². The lowest BCUT2D eigenvalue weighted by Gasteiger charge is -2.31. The number of pyridine rings is 1. The van der Waals surface area contributed by atoms with Gasteiger partial charge in [0, 0.05) is 43.6 Å². The topological polar surface area (TPSA) is 155 Å². The number of nitrogens with one attached hydrogen (secondary N) is 2. The minimum atomic E-state index is -3.87. The van der Waals surface area contributed by atoms with Crippen LogP contribution in [0, 0.1) is 5.92 Å². The van der Waals surface area contributed by atoms with E-state index < -0.39 is 28.0 Å². The molecule has 0 aliphatic heterocycles. The van der Waals surface area contributed by atoms with Crippen molar-refractivity contribution >= 4 is 38.3 Å². The molecule has 2 atom stereocenters. The summed E-state index contributed by atoms with van der Waals surface area (Å²) in [6.07, 6.45) is 4.85. The molecule has 0 spiro atoms. The monoisotopic (exact) mass is 645 g/mol. The van der Waals surface area contributed by atoms with Gasteiger partial charge in [0.05, 0.1) is 17.1 Å². The summed E-state index contributed by atoms with van der Waals surface area (Å²) in [4.78, 5) is 30.5. The summed E-state index contributed by atoms with van der Waals surface area (Å²) in [5.41, 5.74) is 7.48. The second kappa shape index (κ2) is 16.3. The van der Waals surface area contributed by atoms with E-state index in [-0.39, 0.29) is 29.9 Å². The third-order valence-electron chi connectivity index (χ3n) is 7.71. The molecule has 11 heteroatoms. The standard InChI is InChI=1S/C35H43N5O5S/c1-25(2)23-40(46(44,45)32-16-14-30(36)15-17-32)31(24-41)11-5-6-19-38-35(43)33(39-34(42)29-10-7-18-37-22-29)21-26-12-13-27-8-3-4-9-28(27)20-26/h3-4,7-10,12-18,20,22,25,31,33,41H,5-6,11,19,21,23-24,36H2,1-2H3,(H,38,43)(H,39,42)/t31-,33-/m0/s1. The Morgan fingerprint density at radius 2 is 1.70 bits per heavy atom. The van der Waals surface area contributed by atoms with E-state index >= 15 is 0 Å². The number of nitrogen functional groups attached to an aromatic ring is 1. The van der Waals surface area contributed by atoms with Crippen molar-refractivity contribution in [1.29, 1.82) is 0 Å². The maximum Gasteiger partial charge on any atom is 0.253 e. The summed E-state index contributed by atoms with van der Waals surface area (Å²) >= 11 is 0. The summed E-state index contributed by atoms with van der Waals surface area (Å²) in [5, 5.41) is 18.1. The molecule has 244 valence electrons. The van der Waals surface area contributed by atoms with E-state index in [1.807, 2.05) is 56.3 Å². The Labute approximate surface area is 271 Å². The van der Waals surface area contributed by atoms with Crippen LogP contribution in [0.2, 0.25) is 0 Å². The van der Waals surface area contributed by atoms with Crippen LogP contribution in [-0.4, -0.2) is 66.4 Å². The molecule has 0 radical (unpaired) electrons. The van der Waals surface area contributed by atoms with Gasteiger partial charge < -0.3 is 21.5 Å². The first-order valence-corrected chi connectivity index (χ1v) is 17.0. The summed E-state index contributed by atoms with van der Waals surface area (Å²) in [6.45, 7) is 4.10. The molecule has 0 unspecified atom stereocenters. The number of carbonyl (C=O) groups is 2. The molecule has 0 fully saturated rings. The third kappa shape index (κ3) is 9.35. The van der Waals surface area contributed by atoms with Crippen molar-refractivity contribution < 1.29 is 23.1 Å². The number of aliphatic hydroxyl groups excluding tert-OH is 1. The number of amides is 2. The number of anilines is 1. The van der Waals surface area contributed by atoms with Gasteiger partial charge in [-0.1, -0.05) is 62.7 Å². The molecule has 0 aliphatic carbocycles. The Morgan fingerprint density at radius 3 is 2.37 bits per heavy atom. The number of rotatable bonds is 16. The average molecular weight is 646 g/mol. The van der Waals surface area contributed by atoms with Crippen molar-refractivity contribution in [2.24, 2.45) is 5.92 Å². The summed E-state index contributed by atoms with van der Waals surface area (Å²) in [6, 6.07) is 21.8. The molecule has 0 saturated carbocycles. The van der Waals surface area contributed by atoms with Gasteiger partial charge in [-0.2, -0.15) is 4.31 Å². The van der Waals surface area contributed by atoms with Gasteiger partial charge >= 0.3 is 0 Å². The van der Waals surface area contributed by atoms with E-state index in [0.717, 1.165) is 16.3 Å². The lowest BCUT2D eigenvalue weighted by molar-refractivity contribution is -0.122. The molecule has 0 bridgehead atoms. The summed E-state index contributed by atoms with van der Waals surface area (Å²) in [7, 11) is -3.87. The van der Waals surface area contributed by atoms with Crippen molar-refractivity contribution in [2.45, 2.75) is 56.5 Å². The molecule has 4 rings (SSSR count). The van der Waals surface area contributed by atoms with Crippen LogP contribution in [0.3, 0.4) is 0 Å². The quantitative estimate of drug-likeness (QED) is 0.105. The van der Waals surface area contributed by atoms with Gasteiger partial charge in [-0.05, 0) is 71.5 Å². The van der Waals surface area contributed by atoms with Gasteiger partial charge in [-0.3, -0.25) is 14.6 Å². The number of benzene rings is 3. The largest absolute Gasteiger partial charge is 0.399 e. The van der Waals surface area contributed by atoms with Crippen LogP contribution in [0.25, 0.3) is 10.8 Å². The number of hydrogen-bond acceptors (Lipinski definition) is 7. The smallest absolute Gasteiger partial charge is 0.253 e. The highest BCUT2D eigenvalue weighted by molar-refractivity contribution is 7.89. The maximum absolute atomic E-state index is 13.5. The van der Waals surface area contributed by atoms with E-state index in [1.165, 1.54) is 22.6 Å². The molecule has 4 aromatic rings. The lowest BCUT2D eigenvalue weighted by atomic mass is 10.0. The van der Waals surface area contributed by atoms with Gasteiger partial charge in [0.25, 0.3) is 5.91 Å². The predicted molar refractivity (Wildman–Crippen MR) is 180 cm³/mol. The number of hydrogen-bond donors (Lipinski definition) is 4. The second-order valence-electron chi connectivity index (χ2n) is 11.8. The van der Waals surface area contributed by atoms with Crippen LogP contribution in [0.1, 0.15) is 49.0 Å². The van der Waals surface area contributed by atoms with E-state index in [0.29, 0.717) is 43.5 Å². The zero-order chi connectivity index (χ0) is 33.1. The maximum atomic E-state index is 13.5. The number of nitrogens with two attached hydrogens (primary N) is 1. The number of aliphatic hydroxyl groups is 1. The minimum absolute atomic E-state index is 0.0401. The first-order valence-electron chi connectivity index (χ1n) is 15.5. The van der Waals surface area contributed by atoms with E-state index in [1.54, 1.807) is 30.5 Å². The Bertz CT molecular complexity index is 1700. The fourth-order valence-corrected chi connectivity index (χ4v) is 7.10. The van der Waals surface area contributed by atoms with Crippen LogP contribution in [0.5, 0.6) is 0 Å². The van der Waals surface area contributed by atoms with Crippen molar-refractivity contribution in [1.82, 2.24) is 19.9 Å². The number of nitrogens with zero attached hydrogens (tertiary/aromatic N) is 2. The molecule has 5 N–H and O–H groups in total. The number of carbonyl (C=O) groups excluding carboxylic acids is 2. The Balaban J connectivity index is 1.39. The Hall–Kier alpha value is -4.32. The minimum Gasteiger partial charge on any atom is -0.399 e. The van der Waals surface area contributed by atoms with Crippen molar-refractivity contribution in [3.63, 3.8) is 0 Å². The number of fused-ring (bicyclic) bond motifs is 1. The molecule has 46 heavy (non-hydrogen) atoms. The van der Waals surface area contributed by atoms with Gasteiger partial charge in [-0.15, -0.1) is 0 Å². The SMILES string of the molecule is CC(C)CN([C@H](CO)CCCCNC(=O)[C@H](Cc1ccc2ccccc2c1)NC(=O)c1cccnc1)S(=O)(=O)c1ccc(N)cc1. The van der Waals surface area contributed by atoms with E-state index in [2.05, 4.69) is 15.6 Å². The Morgan fingerprint density at radius 1 is 0.957 bits per heavy atom. The first kappa shape index (κ1) is 34.6. The van der Waals surface area contributed by atoms with Crippen molar-refractivity contribution in [2.75, 3.05) is 25.4 Å². The third-order valence-corrected chi connectivity index (χ3v) is 9.64. The van der Waals surface area contributed by atoms with Gasteiger partial charge in [0.1, 0.15) is 6.04 Å². The fourth-order valence-electron chi connectivity index (χ4n) is 5.29. The van der Waals surface area contributed by atoms with Crippen molar-refractivity contribution in [3.8, 4) is 0 Å². The number of aromatic nitrogens is 1. The number of unbranched alkanes of at least 4 members (excludes halogenated alkanes) is 1. The average Bonchev–Trinajstić information content (AvgIpc) is 3.05. The number of sulfonamides is 1. The lowest BCUT2D eigenvalue weighted by Crippen LogP contribution is -2.48. The predicted octanol–water partition coefficient (Wildman–Crippen LogP) is 4.15. The van der Waals surface area contributed by atoms with E-state index in [9.17, 15) is 23.1 Å². The highest BCUT2D eigenvalue weighted by Gasteiger charge is 2.31. The van der Waals surface area contributed by atoms with Crippen molar-refractivity contribution in [3.05, 3.63) is 102 Å². The van der Waals surface area contributed by atoms with Crippen LogP contribution < -0.4 is 16.4 Å². The highest BCUT2D eigenvalue weighted by atomic mass is 32.2. The molecule has 10 nitrogen and oxygen atoms in total. The Kier molecular flexibility index (Phi) is 12.2. The molecule has 1 aromatic heterocycles. The summed E-state index contributed by atoms with van der Waals surface area (Å²) < 4.78 is 28.4. The van der Waals surface area contributed by atoms with Crippen LogP contribution >= 0.6 is 0 Å². The molecule has 0 aliphatic rings. The normalized spacial score (nSPS) is 13.1. The molecule has 2 amide bonds. The molecule has 3 aromatic carbocycles. The van der Waals surface area contributed by atoms with Gasteiger partial charge in [-0.25, -0.2) is 8.42 Å². The molecular weight excluding hydrogens is 602 g/mol. The first-order chi connectivity index (χ1) is 22.1. The van der Waals surface area contributed by atoms with Crippen LogP contribution in [-0.2, 0) is 21.2 Å². The van der Waals surface area contributed by atoms with Gasteiger partial charge in [0.2, 0.25) is 15.9 Å². The zero-order valence-electron chi connectivity index (χ0n) is 26.3. The summed E-state index contributed by atoms with van der Waals surface area (Å²) in [5.74, 6) is -0.679. The van der Waals surface area contributed by atoms with Crippen LogP contribution in [0.4, 0.5) is 5.69 Å². The molecular formula is C35H43N5O5S. The fraction of sp³-hybridized carbons (Fsp3) is 0.343. The van der Waals surface area contributed by atoms with E-state index in [4.69, 9.17) is 5.73 Å². The molecule has 1 heterocycles. The van der Waals surface area contributed by atoms with Gasteiger partial charge in [0.15, 0.2) is 0 Å². The highest BCUT2D eigenvalue weighted by Crippen LogP contribution is 2.23. The second-order valence-corrected chi connectivity index (χ2v) is 13.7. The molecule has 0 saturated heterocycles. The zero-order valence-corrected chi connectivity index (χ0v) is 27.1.